The highest BCUT2D eigenvalue weighted by Crippen LogP contribution is 2.06. The Labute approximate surface area is 118 Å². The highest BCUT2D eigenvalue weighted by atomic mass is 32.2. The number of nitrogens with one attached hydrogen (secondary N) is 1. The molecule has 0 aromatic carbocycles. The molecule has 1 aliphatic heterocycles. The maximum atomic E-state index is 10.9. The van der Waals surface area contributed by atoms with Crippen molar-refractivity contribution < 1.29 is 14.7 Å². The largest absolute Gasteiger partial charge is 0.480 e. The van der Waals surface area contributed by atoms with Gasteiger partial charge in [-0.2, -0.15) is 11.8 Å². The van der Waals surface area contributed by atoms with E-state index in [1.54, 1.807) is 11.8 Å². The first-order valence-electron chi connectivity index (χ1n) is 6.47. The van der Waals surface area contributed by atoms with E-state index in [4.69, 9.17) is 5.11 Å². The smallest absolute Gasteiger partial charge is 0.327 e. The van der Waals surface area contributed by atoms with Crippen LogP contribution in [0.15, 0.2) is 0 Å². The Bertz CT molecular complexity index is 307. The van der Waals surface area contributed by atoms with Crippen molar-refractivity contribution in [2.24, 2.45) is 0 Å². The molecule has 0 saturated carbocycles. The molecule has 0 aromatic heterocycles. The summed E-state index contributed by atoms with van der Waals surface area (Å²) < 4.78 is 0. The first-order chi connectivity index (χ1) is 8.99. The number of aliphatic carboxylic acids is 1. The number of amides is 1. The van der Waals surface area contributed by atoms with E-state index in [0.717, 1.165) is 38.5 Å². The van der Waals surface area contributed by atoms with Crippen LogP contribution in [0.3, 0.4) is 0 Å². The molecular formula is C12H23N3O3S. The van der Waals surface area contributed by atoms with Crippen LogP contribution >= 0.6 is 11.8 Å². The van der Waals surface area contributed by atoms with Crippen LogP contribution in [0.25, 0.3) is 0 Å². The van der Waals surface area contributed by atoms with Crippen LogP contribution < -0.4 is 5.32 Å². The molecule has 7 heteroatoms. The predicted octanol–water partition coefficient (Wildman–Crippen LogP) is -0.444. The number of carboxylic acids is 1. The van der Waals surface area contributed by atoms with Crippen molar-refractivity contribution in [2.45, 2.75) is 13.0 Å². The van der Waals surface area contributed by atoms with Gasteiger partial charge >= 0.3 is 5.97 Å². The number of carbonyl (C=O) groups excluding carboxylic acids is 1. The fraction of sp³-hybridized carbons (Fsp3) is 0.833. The minimum Gasteiger partial charge on any atom is -0.480 e. The molecular weight excluding hydrogens is 266 g/mol. The number of carboxylic acid groups (broad SMARTS) is 1. The molecule has 110 valence electrons. The Morgan fingerprint density at radius 1 is 1.32 bits per heavy atom. The number of hydrogen-bond acceptors (Lipinski definition) is 5. The number of likely N-dealkylation sites (N-methyl/N-ethyl adjacent to an activating group) is 1. The van der Waals surface area contributed by atoms with Crippen LogP contribution in [-0.2, 0) is 9.59 Å². The second-order valence-electron chi connectivity index (χ2n) is 4.81. The number of thioether (sulfide) groups is 1. The van der Waals surface area contributed by atoms with Crippen LogP contribution in [0.5, 0.6) is 0 Å². The summed E-state index contributed by atoms with van der Waals surface area (Å²) in [6.07, 6.45) is 0. The Balaban J connectivity index is 2.14. The van der Waals surface area contributed by atoms with E-state index >= 15 is 0 Å². The Kier molecular flexibility index (Phi) is 7.19. The van der Waals surface area contributed by atoms with Gasteiger partial charge in [0.05, 0.1) is 0 Å². The summed E-state index contributed by atoms with van der Waals surface area (Å²) in [5, 5.41) is 11.4. The van der Waals surface area contributed by atoms with Gasteiger partial charge in [-0.05, 0) is 7.05 Å². The van der Waals surface area contributed by atoms with E-state index in [1.165, 1.54) is 6.92 Å². The first-order valence-corrected chi connectivity index (χ1v) is 7.63. The third kappa shape index (κ3) is 6.79. The van der Waals surface area contributed by atoms with Crippen molar-refractivity contribution in [3.05, 3.63) is 0 Å². The van der Waals surface area contributed by atoms with Crippen molar-refractivity contribution in [3.8, 4) is 0 Å². The van der Waals surface area contributed by atoms with Crippen LogP contribution in [0, 0.1) is 0 Å². The summed E-state index contributed by atoms with van der Waals surface area (Å²) in [6, 6.07) is -0.782. The summed E-state index contributed by atoms with van der Waals surface area (Å²) in [7, 11) is 2.12. The average molecular weight is 289 g/mol. The molecule has 0 spiro atoms. The van der Waals surface area contributed by atoms with Crippen molar-refractivity contribution in [2.75, 3.05) is 51.3 Å². The molecule has 1 atom stereocenters. The third-order valence-electron chi connectivity index (χ3n) is 3.11. The molecule has 0 aliphatic carbocycles. The van der Waals surface area contributed by atoms with Crippen molar-refractivity contribution in [1.29, 1.82) is 0 Å². The number of hydrogen-bond donors (Lipinski definition) is 2. The molecule has 1 rings (SSSR count). The van der Waals surface area contributed by atoms with Gasteiger partial charge in [0.15, 0.2) is 0 Å². The van der Waals surface area contributed by atoms with Gasteiger partial charge in [-0.15, -0.1) is 0 Å². The van der Waals surface area contributed by atoms with Gasteiger partial charge < -0.3 is 15.3 Å². The van der Waals surface area contributed by atoms with E-state index in [2.05, 4.69) is 22.2 Å². The number of rotatable bonds is 7. The molecule has 19 heavy (non-hydrogen) atoms. The Morgan fingerprint density at radius 3 is 2.47 bits per heavy atom. The first kappa shape index (κ1) is 16.3. The lowest BCUT2D eigenvalue weighted by Gasteiger charge is -2.32. The molecule has 0 aromatic rings. The summed E-state index contributed by atoms with van der Waals surface area (Å²) in [5.74, 6) is 0.0461. The zero-order chi connectivity index (χ0) is 14.3. The Hall–Kier alpha value is -0.790. The molecule has 1 saturated heterocycles. The maximum absolute atomic E-state index is 10.9. The van der Waals surface area contributed by atoms with Crippen LogP contribution in [0.1, 0.15) is 6.92 Å². The van der Waals surface area contributed by atoms with Gasteiger partial charge in [0.25, 0.3) is 0 Å². The summed E-state index contributed by atoms with van der Waals surface area (Å²) in [6.45, 7) is 6.65. The Morgan fingerprint density at radius 2 is 1.95 bits per heavy atom. The molecule has 1 heterocycles. The fourth-order valence-corrected chi connectivity index (χ4v) is 2.90. The number of nitrogens with zero attached hydrogens (tertiary/aromatic N) is 2. The predicted molar refractivity (Wildman–Crippen MR) is 76.5 cm³/mol. The van der Waals surface area contributed by atoms with Crippen LogP contribution in [0.2, 0.25) is 0 Å². The molecule has 0 bridgehead atoms. The van der Waals surface area contributed by atoms with Gasteiger partial charge in [-0.1, -0.05) is 0 Å². The molecule has 1 unspecified atom stereocenters. The monoisotopic (exact) mass is 289 g/mol. The summed E-state index contributed by atoms with van der Waals surface area (Å²) in [5.41, 5.74) is 0. The summed E-state index contributed by atoms with van der Waals surface area (Å²) in [4.78, 5) is 26.5. The minimum atomic E-state index is -0.970. The lowest BCUT2D eigenvalue weighted by molar-refractivity contribution is -0.140. The highest BCUT2D eigenvalue weighted by Gasteiger charge is 2.18. The van der Waals surface area contributed by atoms with Gasteiger partial charge in [0.2, 0.25) is 5.91 Å². The summed E-state index contributed by atoms with van der Waals surface area (Å²) >= 11 is 1.58. The molecule has 1 aliphatic rings. The zero-order valence-electron chi connectivity index (χ0n) is 11.6. The van der Waals surface area contributed by atoms with Gasteiger partial charge in [0, 0.05) is 51.2 Å². The molecule has 0 radical (unpaired) electrons. The van der Waals surface area contributed by atoms with Crippen molar-refractivity contribution in [1.82, 2.24) is 15.1 Å². The molecule has 6 nitrogen and oxygen atoms in total. The van der Waals surface area contributed by atoms with E-state index in [0.29, 0.717) is 5.75 Å². The normalized spacial score (nSPS) is 19.1. The van der Waals surface area contributed by atoms with Gasteiger partial charge in [-0.25, -0.2) is 4.79 Å². The van der Waals surface area contributed by atoms with E-state index in [9.17, 15) is 9.59 Å². The SMILES string of the molecule is CC(=O)NC(CSCCN1CCN(C)CC1)C(=O)O. The van der Waals surface area contributed by atoms with Crippen LogP contribution in [-0.4, -0.2) is 84.1 Å². The van der Waals surface area contributed by atoms with Gasteiger partial charge in [0.1, 0.15) is 6.04 Å². The molecule has 1 fully saturated rings. The van der Waals surface area contributed by atoms with Crippen molar-refractivity contribution in [3.63, 3.8) is 0 Å². The van der Waals surface area contributed by atoms with Crippen molar-refractivity contribution >= 4 is 23.6 Å². The topological polar surface area (TPSA) is 72.9 Å². The second-order valence-corrected chi connectivity index (χ2v) is 5.96. The maximum Gasteiger partial charge on any atom is 0.327 e. The standard InChI is InChI=1S/C12H23N3O3S/c1-10(16)13-11(12(17)18)9-19-8-7-15-5-3-14(2)4-6-15/h11H,3-9H2,1-2H3,(H,13,16)(H,17,18). The number of carbonyl (C=O) groups is 2. The fourth-order valence-electron chi connectivity index (χ4n) is 1.89. The zero-order valence-corrected chi connectivity index (χ0v) is 12.4. The van der Waals surface area contributed by atoms with Crippen LogP contribution in [0.4, 0.5) is 0 Å². The van der Waals surface area contributed by atoms with E-state index in [1.807, 2.05) is 0 Å². The van der Waals surface area contributed by atoms with E-state index in [-0.39, 0.29) is 5.91 Å². The lowest BCUT2D eigenvalue weighted by atomic mass is 10.3. The third-order valence-corrected chi connectivity index (χ3v) is 4.15. The average Bonchev–Trinajstić information content (AvgIpc) is 2.34. The lowest BCUT2D eigenvalue weighted by Crippen LogP contribution is -2.45. The highest BCUT2D eigenvalue weighted by molar-refractivity contribution is 7.99. The minimum absolute atomic E-state index is 0.299. The molecule has 2 N–H and O–H groups in total. The molecule has 1 amide bonds. The number of piperazine rings is 1. The quantitative estimate of drug-likeness (QED) is 0.619. The second kappa shape index (κ2) is 8.39. The van der Waals surface area contributed by atoms with Gasteiger partial charge in [-0.3, -0.25) is 9.69 Å². The van der Waals surface area contributed by atoms with E-state index < -0.39 is 12.0 Å².